The van der Waals surface area contributed by atoms with Crippen molar-refractivity contribution in [3.63, 3.8) is 0 Å². The number of aliphatic hydroxyl groups excluding tert-OH is 1. The summed E-state index contributed by atoms with van der Waals surface area (Å²) in [7, 11) is 3.03. The number of hydrogen-bond acceptors (Lipinski definition) is 9. The van der Waals surface area contributed by atoms with Crippen molar-refractivity contribution in [3.05, 3.63) is 58.5 Å². The number of ketones is 2. The van der Waals surface area contributed by atoms with Gasteiger partial charge in [0, 0.05) is 56.9 Å². The van der Waals surface area contributed by atoms with Gasteiger partial charge in [-0.15, -0.1) is 0 Å². The van der Waals surface area contributed by atoms with Crippen LogP contribution in [-0.4, -0.2) is 85.2 Å². The Bertz CT molecular complexity index is 1260. The number of rotatable bonds is 6. The van der Waals surface area contributed by atoms with E-state index in [9.17, 15) is 24.3 Å². The number of nitrogens with one attached hydrogen (secondary N) is 1. The summed E-state index contributed by atoms with van der Waals surface area (Å²) in [6.07, 6.45) is 7.51. The molecule has 10 heteroatoms. The Morgan fingerprint density at radius 1 is 1.11 bits per heavy atom. The number of fused-ring (bicyclic) bond motifs is 2. The van der Waals surface area contributed by atoms with Gasteiger partial charge in [0.05, 0.1) is 23.6 Å². The topological polar surface area (TPSA) is 131 Å². The predicted octanol–water partition coefficient (Wildman–Crippen LogP) is 3.72. The van der Waals surface area contributed by atoms with E-state index >= 15 is 0 Å². The minimum absolute atomic E-state index is 0.0597. The maximum absolute atomic E-state index is 13.7. The smallest absolute Gasteiger partial charge is 0.306 e. The molecule has 2 bridgehead atoms. The van der Waals surface area contributed by atoms with E-state index in [0.717, 1.165) is 6.42 Å². The third-order valence-corrected chi connectivity index (χ3v) is 8.41. The number of allylic oxidation sites excluding steroid dienone is 4. The summed E-state index contributed by atoms with van der Waals surface area (Å²) in [6, 6.07) is 0. The van der Waals surface area contributed by atoms with Gasteiger partial charge in [0.25, 0.3) is 5.91 Å². The first-order valence-electron chi connectivity index (χ1n) is 15.5. The Morgan fingerprint density at radius 2 is 1.82 bits per heavy atom. The number of carbonyl (C=O) groups is 4. The van der Waals surface area contributed by atoms with E-state index in [1.54, 1.807) is 25.2 Å². The summed E-state index contributed by atoms with van der Waals surface area (Å²) in [4.78, 5) is 54.6. The zero-order valence-corrected chi connectivity index (χ0v) is 27.1. The number of likely N-dealkylation sites (tertiary alicyclic amines) is 1. The van der Waals surface area contributed by atoms with Crippen molar-refractivity contribution in [1.82, 2.24) is 10.2 Å². The molecule has 0 aromatic carbocycles. The first-order valence-corrected chi connectivity index (χ1v) is 15.5. The highest BCUT2D eigenvalue weighted by Crippen LogP contribution is 2.32. The Morgan fingerprint density at radius 3 is 2.41 bits per heavy atom. The SMILES string of the molecule is CCCC(=O)O[C@H]1/C(C)=C/[C@H](C)[C@H](O)[C@H](OC)C[C@H](C)CC2=C(N3CCC3)C(=O)C=C(NC(=O)/C(C)=C/C=C\[C@@H]1OC)C2=O. The van der Waals surface area contributed by atoms with Gasteiger partial charge in [0.15, 0.2) is 6.10 Å². The van der Waals surface area contributed by atoms with Crippen molar-refractivity contribution < 1.29 is 38.5 Å². The molecular weight excluding hydrogens is 564 g/mol. The third-order valence-electron chi connectivity index (χ3n) is 8.41. The summed E-state index contributed by atoms with van der Waals surface area (Å²) in [5.41, 5.74) is 1.70. The molecule has 2 heterocycles. The van der Waals surface area contributed by atoms with Crippen molar-refractivity contribution in [2.24, 2.45) is 11.8 Å². The highest BCUT2D eigenvalue weighted by Gasteiger charge is 2.36. The van der Waals surface area contributed by atoms with E-state index in [1.807, 2.05) is 38.7 Å². The molecule has 1 fully saturated rings. The third kappa shape index (κ3) is 8.64. The van der Waals surface area contributed by atoms with Gasteiger partial charge in [0.1, 0.15) is 6.10 Å². The number of hydrogen-bond donors (Lipinski definition) is 2. The molecule has 44 heavy (non-hydrogen) atoms. The van der Waals surface area contributed by atoms with E-state index in [2.05, 4.69) is 5.32 Å². The minimum atomic E-state index is -0.907. The number of carbonyl (C=O) groups excluding carboxylic acids is 4. The van der Waals surface area contributed by atoms with Gasteiger partial charge in [-0.2, -0.15) is 0 Å². The molecule has 242 valence electrons. The molecule has 1 amide bonds. The van der Waals surface area contributed by atoms with Crippen molar-refractivity contribution in [3.8, 4) is 0 Å². The number of esters is 1. The maximum atomic E-state index is 13.7. The molecule has 0 radical (unpaired) electrons. The van der Waals surface area contributed by atoms with Gasteiger partial charge in [-0.1, -0.05) is 45.1 Å². The van der Waals surface area contributed by atoms with Crippen LogP contribution in [0.1, 0.15) is 66.7 Å². The second-order valence-electron chi connectivity index (χ2n) is 12.0. The summed E-state index contributed by atoms with van der Waals surface area (Å²) in [5, 5.41) is 14.0. The van der Waals surface area contributed by atoms with Gasteiger partial charge >= 0.3 is 5.97 Å². The van der Waals surface area contributed by atoms with Crippen LogP contribution < -0.4 is 5.32 Å². The standard InChI is InChI=1S/C34H48N2O8/c1-8-11-29(38)44-33-23(5)18-22(4)31(39)28(43-7)17-20(2)16-24-30(36-14-10-15-36)26(37)19-25(32(24)40)35-34(41)21(3)12-9-13-27(33)42-6/h9,12-13,18-20,22,27-28,31,33,39H,8,10-11,14-17H2,1-7H3,(H,35,41)/b13-9-,21-12+,23-18+/t20-,22+,27+,28-,31+,33+/m1/s1. The quantitative estimate of drug-likeness (QED) is 0.262. The van der Waals surface area contributed by atoms with Gasteiger partial charge in [0.2, 0.25) is 11.6 Å². The molecule has 0 aromatic heterocycles. The first kappa shape index (κ1) is 35.1. The Balaban J connectivity index is 2.06. The summed E-state index contributed by atoms with van der Waals surface area (Å²) in [5.74, 6) is -2.10. The molecule has 0 aromatic rings. The molecule has 0 saturated carbocycles. The Labute approximate surface area is 260 Å². The number of ether oxygens (including phenoxy) is 3. The van der Waals surface area contributed by atoms with Crippen LogP contribution in [0.2, 0.25) is 0 Å². The summed E-state index contributed by atoms with van der Waals surface area (Å²) in [6.45, 7) is 10.5. The molecule has 0 spiro atoms. The van der Waals surface area contributed by atoms with Crippen LogP contribution in [0.5, 0.6) is 0 Å². The zero-order chi connectivity index (χ0) is 32.6. The highest BCUT2D eigenvalue weighted by atomic mass is 16.6. The second-order valence-corrected chi connectivity index (χ2v) is 12.0. The molecule has 3 aliphatic rings. The number of aliphatic hydroxyl groups is 1. The van der Waals surface area contributed by atoms with E-state index in [0.29, 0.717) is 48.3 Å². The molecule has 1 aliphatic carbocycles. The lowest BCUT2D eigenvalue weighted by Crippen LogP contribution is -2.43. The minimum Gasteiger partial charge on any atom is -0.455 e. The van der Waals surface area contributed by atoms with Crippen LogP contribution >= 0.6 is 0 Å². The average Bonchev–Trinajstić information content (AvgIpc) is 2.95. The van der Waals surface area contributed by atoms with E-state index in [-0.39, 0.29) is 47.9 Å². The largest absolute Gasteiger partial charge is 0.455 e. The number of nitrogens with zero attached hydrogens (tertiary/aromatic N) is 1. The molecule has 2 N–H and O–H groups in total. The fourth-order valence-electron chi connectivity index (χ4n) is 5.74. The summed E-state index contributed by atoms with van der Waals surface area (Å²) < 4.78 is 17.3. The Kier molecular flexibility index (Phi) is 12.9. The normalized spacial score (nSPS) is 32.5. The van der Waals surface area contributed by atoms with Gasteiger partial charge in [-0.05, 0) is 51.0 Å². The molecular formula is C34H48N2O8. The number of Topliss-reactive ketones (excluding diaryl/α,β-unsaturated/α-hetero) is 1. The van der Waals surface area contributed by atoms with Crippen LogP contribution in [-0.2, 0) is 33.4 Å². The molecule has 1 saturated heterocycles. The van der Waals surface area contributed by atoms with E-state index < -0.39 is 30.3 Å². The van der Waals surface area contributed by atoms with E-state index in [4.69, 9.17) is 14.2 Å². The average molecular weight is 613 g/mol. The van der Waals surface area contributed by atoms with Gasteiger partial charge < -0.3 is 29.5 Å². The maximum Gasteiger partial charge on any atom is 0.306 e. The zero-order valence-electron chi connectivity index (χ0n) is 27.1. The Hall–Kier alpha value is -3.34. The van der Waals surface area contributed by atoms with Crippen molar-refractivity contribution in [1.29, 1.82) is 0 Å². The lowest BCUT2D eigenvalue weighted by atomic mass is 9.84. The second kappa shape index (κ2) is 16.1. The lowest BCUT2D eigenvalue weighted by Gasteiger charge is -2.37. The van der Waals surface area contributed by atoms with Crippen LogP contribution in [0.25, 0.3) is 0 Å². The van der Waals surface area contributed by atoms with Crippen molar-refractivity contribution in [2.75, 3.05) is 27.3 Å². The van der Waals surface area contributed by atoms with E-state index in [1.165, 1.54) is 20.3 Å². The number of methoxy groups -OCH3 is 2. The van der Waals surface area contributed by atoms with Crippen LogP contribution in [0.4, 0.5) is 0 Å². The highest BCUT2D eigenvalue weighted by molar-refractivity contribution is 6.23. The fourth-order valence-corrected chi connectivity index (χ4v) is 5.74. The number of amides is 1. The van der Waals surface area contributed by atoms with Crippen LogP contribution in [0, 0.1) is 11.8 Å². The molecule has 6 atom stereocenters. The molecule has 2 aliphatic heterocycles. The predicted molar refractivity (Wildman–Crippen MR) is 166 cm³/mol. The molecule has 3 rings (SSSR count). The monoisotopic (exact) mass is 612 g/mol. The van der Waals surface area contributed by atoms with Crippen molar-refractivity contribution >= 4 is 23.4 Å². The molecule has 10 nitrogen and oxygen atoms in total. The first-order chi connectivity index (χ1) is 20.9. The fraction of sp³-hybridized carbons (Fsp3) is 0.588. The lowest BCUT2D eigenvalue weighted by molar-refractivity contribution is -0.151. The van der Waals surface area contributed by atoms with Gasteiger partial charge in [-0.3, -0.25) is 19.2 Å². The molecule has 0 unspecified atom stereocenters. The van der Waals surface area contributed by atoms with Gasteiger partial charge in [-0.25, -0.2) is 0 Å². The van der Waals surface area contributed by atoms with Crippen LogP contribution in [0.15, 0.2) is 58.5 Å². The van der Waals surface area contributed by atoms with Crippen molar-refractivity contribution in [2.45, 2.75) is 91.1 Å². The summed E-state index contributed by atoms with van der Waals surface area (Å²) >= 11 is 0. The van der Waals surface area contributed by atoms with Crippen LogP contribution in [0.3, 0.4) is 0 Å².